The number of nitrogen functional groups attached to an aromatic ring is 1. The van der Waals surface area contributed by atoms with Crippen molar-refractivity contribution in [3.05, 3.63) is 48.2 Å². The quantitative estimate of drug-likeness (QED) is 0.520. The highest BCUT2D eigenvalue weighted by atomic mass is 16.1. The lowest BCUT2D eigenvalue weighted by molar-refractivity contribution is 0.0949. The molecule has 2 rings (SSSR count). The van der Waals surface area contributed by atoms with Crippen LogP contribution >= 0.6 is 0 Å². The number of nitrogens with two attached hydrogens (primary N) is 1. The SMILES string of the molecule is NNc1cnc(C(=O)NCCc2ccncc2)cn1. The second-order valence-electron chi connectivity index (χ2n) is 3.79. The number of aromatic nitrogens is 3. The highest BCUT2D eigenvalue weighted by Crippen LogP contribution is 1.99. The summed E-state index contributed by atoms with van der Waals surface area (Å²) in [5.41, 5.74) is 3.72. The highest BCUT2D eigenvalue weighted by molar-refractivity contribution is 5.91. The van der Waals surface area contributed by atoms with E-state index in [1.807, 2.05) is 12.1 Å². The van der Waals surface area contributed by atoms with Crippen LogP contribution in [0.5, 0.6) is 0 Å². The van der Waals surface area contributed by atoms with Gasteiger partial charge >= 0.3 is 0 Å². The number of rotatable bonds is 5. The van der Waals surface area contributed by atoms with Crippen LogP contribution in [0, 0.1) is 0 Å². The van der Waals surface area contributed by atoms with E-state index in [-0.39, 0.29) is 11.6 Å². The van der Waals surface area contributed by atoms with E-state index in [1.165, 1.54) is 12.4 Å². The number of hydrogen-bond donors (Lipinski definition) is 3. The zero-order chi connectivity index (χ0) is 13.5. The molecule has 0 saturated heterocycles. The molecule has 7 heteroatoms. The molecule has 0 saturated carbocycles. The minimum absolute atomic E-state index is 0.258. The summed E-state index contributed by atoms with van der Waals surface area (Å²) in [7, 11) is 0. The van der Waals surface area contributed by atoms with Gasteiger partial charge in [-0.3, -0.25) is 9.78 Å². The molecular weight excluding hydrogens is 244 g/mol. The largest absolute Gasteiger partial charge is 0.350 e. The first-order valence-corrected chi connectivity index (χ1v) is 5.75. The second kappa shape index (κ2) is 6.41. The standard InChI is InChI=1S/C12H14N6O/c13-18-11-8-16-10(7-17-11)12(19)15-6-3-9-1-4-14-5-2-9/h1-2,4-5,7-8H,3,6,13H2,(H,15,19)(H,17,18). The molecule has 0 bridgehead atoms. The Morgan fingerprint density at radius 3 is 2.63 bits per heavy atom. The van der Waals surface area contributed by atoms with Crippen LogP contribution in [0.3, 0.4) is 0 Å². The molecule has 0 aliphatic heterocycles. The fourth-order valence-electron chi connectivity index (χ4n) is 1.48. The Hall–Kier alpha value is -2.54. The lowest BCUT2D eigenvalue weighted by Crippen LogP contribution is -2.26. The zero-order valence-electron chi connectivity index (χ0n) is 10.2. The van der Waals surface area contributed by atoms with Crippen LogP contribution in [0.15, 0.2) is 36.9 Å². The highest BCUT2D eigenvalue weighted by Gasteiger charge is 2.06. The van der Waals surface area contributed by atoms with E-state index < -0.39 is 0 Å². The monoisotopic (exact) mass is 258 g/mol. The van der Waals surface area contributed by atoms with E-state index in [2.05, 4.69) is 25.7 Å². The van der Waals surface area contributed by atoms with Crippen molar-refractivity contribution >= 4 is 11.7 Å². The maximum Gasteiger partial charge on any atom is 0.271 e. The summed E-state index contributed by atoms with van der Waals surface area (Å²) in [6.07, 6.45) is 6.96. The number of hydrogen-bond acceptors (Lipinski definition) is 6. The molecule has 7 nitrogen and oxygen atoms in total. The number of carbonyl (C=O) groups is 1. The van der Waals surface area contributed by atoms with Crippen molar-refractivity contribution in [1.82, 2.24) is 20.3 Å². The fraction of sp³-hybridized carbons (Fsp3) is 0.167. The van der Waals surface area contributed by atoms with Crippen molar-refractivity contribution < 1.29 is 4.79 Å². The lowest BCUT2D eigenvalue weighted by atomic mass is 10.2. The molecule has 0 atom stereocenters. The Kier molecular flexibility index (Phi) is 4.35. The molecule has 19 heavy (non-hydrogen) atoms. The van der Waals surface area contributed by atoms with Crippen LogP contribution in [0.25, 0.3) is 0 Å². The van der Waals surface area contributed by atoms with Gasteiger partial charge in [0.1, 0.15) is 5.69 Å². The Morgan fingerprint density at radius 2 is 2.00 bits per heavy atom. The number of carbonyl (C=O) groups excluding carboxylic acids is 1. The minimum atomic E-state index is -0.259. The summed E-state index contributed by atoms with van der Waals surface area (Å²) in [6, 6.07) is 3.82. The van der Waals surface area contributed by atoms with Gasteiger partial charge in [0, 0.05) is 18.9 Å². The summed E-state index contributed by atoms with van der Waals surface area (Å²) >= 11 is 0. The number of hydrazine groups is 1. The van der Waals surface area contributed by atoms with E-state index in [4.69, 9.17) is 5.84 Å². The zero-order valence-corrected chi connectivity index (χ0v) is 10.2. The molecule has 0 spiro atoms. The van der Waals surface area contributed by atoms with Gasteiger partial charge in [-0.2, -0.15) is 0 Å². The second-order valence-corrected chi connectivity index (χ2v) is 3.79. The third-order valence-electron chi connectivity index (χ3n) is 2.48. The maximum atomic E-state index is 11.8. The molecule has 0 fully saturated rings. The molecule has 2 aromatic rings. The number of pyridine rings is 1. The summed E-state index contributed by atoms with van der Waals surface area (Å²) in [6.45, 7) is 0.529. The van der Waals surface area contributed by atoms with Crippen LogP contribution < -0.4 is 16.6 Å². The molecule has 1 amide bonds. The summed E-state index contributed by atoms with van der Waals surface area (Å²) in [5.74, 6) is 5.31. The van der Waals surface area contributed by atoms with E-state index >= 15 is 0 Å². The van der Waals surface area contributed by atoms with Crippen LogP contribution in [-0.2, 0) is 6.42 Å². The molecule has 2 heterocycles. The first-order chi connectivity index (χ1) is 9.29. The first kappa shape index (κ1) is 12.9. The Morgan fingerprint density at radius 1 is 1.21 bits per heavy atom. The maximum absolute atomic E-state index is 11.8. The average molecular weight is 258 g/mol. The van der Waals surface area contributed by atoms with Crippen molar-refractivity contribution in [2.45, 2.75) is 6.42 Å². The van der Waals surface area contributed by atoms with Gasteiger partial charge < -0.3 is 10.7 Å². The fourth-order valence-corrected chi connectivity index (χ4v) is 1.48. The summed E-state index contributed by atoms with van der Waals surface area (Å²) in [5, 5.41) is 2.77. The third kappa shape index (κ3) is 3.71. The van der Waals surface area contributed by atoms with Gasteiger partial charge in [-0.05, 0) is 24.1 Å². The van der Waals surface area contributed by atoms with Gasteiger partial charge in [-0.25, -0.2) is 15.8 Å². The molecule has 0 aromatic carbocycles. The molecule has 2 aromatic heterocycles. The van der Waals surface area contributed by atoms with Crippen molar-refractivity contribution in [2.24, 2.45) is 5.84 Å². The molecule has 4 N–H and O–H groups in total. The van der Waals surface area contributed by atoms with Crippen molar-refractivity contribution in [1.29, 1.82) is 0 Å². The Labute approximate surface area is 110 Å². The molecule has 98 valence electrons. The molecule has 0 aliphatic rings. The summed E-state index contributed by atoms with van der Waals surface area (Å²) in [4.78, 5) is 23.6. The molecule has 0 unspecified atom stereocenters. The third-order valence-corrected chi connectivity index (χ3v) is 2.48. The van der Waals surface area contributed by atoms with E-state index in [1.54, 1.807) is 12.4 Å². The van der Waals surface area contributed by atoms with Crippen molar-refractivity contribution in [2.75, 3.05) is 12.0 Å². The number of nitrogens with zero attached hydrogens (tertiary/aromatic N) is 3. The van der Waals surface area contributed by atoms with E-state index in [0.717, 1.165) is 12.0 Å². The van der Waals surface area contributed by atoms with Gasteiger partial charge in [0.25, 0.3) is 5.91 Å². The number of anilines is 1. The van der Waals surface area contributed by atoms with Gasteiger partial charge in [0.2, 0.25) is 0 Å². The van der Waals surface area contributed by atoms with Gasteiger partial charge in [0.15, 0.2) is 5.82 Å². The van der Waals surface area contributed by atoms with Crippen LogP contribution in [-0.4, -0.2) is 27.4 Å². The summed E-state index contributed by atoms with van der Waals surface area (Å²) < 4.78 is 0. The predicted molar refractivity (Wildman–Crippen MR) is 70.1 cm³/mol. The van der Waals surface area contributed by atoms with Crippen LogP contribution in [0.2, 0.25) is 0 Å². The van der Waals surface area contributed by atoms with Crippen molar-refractivity contribution in [3.63, 3.8) is 0 Å². The minimum Gasteiger partial charge on any atom is -0.350 e. The van der Waals surface area contributed by atoms with Crippen molar-refractivity contribution in [3.8, 4) is 0 Å². The normalized spacial score (nSPS) is 9.95. The number of nitrogens with one attached hydrogen (secondary N) is 2. The molecule has 0 radical (unpaired) electrons. The van der Waals surface area contributed by atoms with E-state index in [9.17, 15) is 4.79 Å². The lowest BCUT2D eigenvalue weighted by Gasteiger charge is -2.05. The van der Waals surface area contributed by atoms with Gasteiger partial charge in [-0.1, -0.05) is 0 Å². The van der Waals surface area contributed by atoms with Crippen LogP contribution in [0.1, 0.15) is 16.1 Å². The Balaban J connectivity index is 1.84. The van der Waals surface area contributed by atoms with E-state index in [0.29, 0.717) is 12.4 Å². The number of amides is 1. The Bertz CT molecular complexity index is 528. The first-order valence-electron chi connectivity index (χ1n) is 5.75. The van der Waals surface area contributed by atoms with Gasteiger partial charge in [-0.15, -0.1) is 0 Å². The smallest absolute Gasteiger partial charge is 0.271 e. The molecular formula is C12H14N6O. The predicted octanol–water partition coefficient (Wildman–Crippen LogP) is 0.130. The topological polar surface area (TPSA) is 106 Å². The van der Waals surface area contributed by atoms with Crippen LogP contribution in [0.4, 0.5) is 5.82 Å². The average Bonchev–Trinajstić information content (AvgIpc) is 2.48. The molecule has 0 aliphatic carbocycles. The van der Waals surface area contributed by atoms with Gasteiger partial charge in [0.05, 0.1) is 12.4 Å².